The Labute approximate surface area is 81.7 Å². The molecule has 1 rings (SSSR count). The number of halogens is 1. The molecule has 0 unspecified atom stereocenters. The van der Waals surface area contributed by atoms with Gasteiger partial charge >= 0.3 is 5.97 Å². The first-order chi connectivity index (χ1) is 6.19. The molecule has 3 nitrogen and oxygen atoms in total. The Bertz CT molecular complexity index is 325. The van der Waals surface area contributed by atoms with Gasteiger partial charge in [0.05, 0.1) is 23.4 Å². The van der Waals surface area contributed by atoms with E-state index in [-0.39, 0.29) is 5.97 Å². The molecule has 0 spiro atoms. The fraction of sp³-hybridized carbons (Fsp3) is 0.222. The first-order valence-corrected chi connectivity index (χ1v) is 4.12. The second kappa shape index (κ2) is 4.14. The van der Waals surface area contributed by atoms with Crippen molar-refractivity contribution in [1.82, 2.24) is 0 Å². The molecule has 0 heterocycles. The molecule has 1 aromatic rings. The summed E-state index contributed by atoms with van der Waals surface area (Å²) < 4.78 is 4.55. The van der Waals surface area contributed by atoms with Gasteiger partial charge in [-0.25, -0.2) is 4.79 Å². The Morgan fingerprint density at radius 3 is 2.69 bits per heavy atom. The van der Waals surface area contributed by atoms with Crippen LogP contribution in [0.5, 0.6) is 0 Å². The predicted octanol–water partition coefficient (Wildman–Crippen LogP) is 2.17. The molecule has 0 aliphatic carbocycles. The molecular formula is C9H10ClNO2. The summed E-state index contributed by atoms with van der Waals surface area (Å²) in [6.07, 6.45) is 0. The third-order valence-electron chi connectivity index (χ3n) is 1.66. The van der Waals surface area contributed by atoms with Crippen LogP contribution >= 0.6 is 11.6 Å². The zero-order chi connectivity index (χ0) is 9.84. The number of ether oxygens (including phenoxy) is 1. The lowest BCUT2D eigenvalue weighted by molar-refractivity contribution is 0.0601. The predicted molar refractivity (Wildman–Crippen MR) is 52.3 cm³/mol. The van der Waals surface area contributed by atoms with Crippen LogP contribution in [0.3, 0.4) is 0 Å². The van der Waals surface area contributed by atoms with Crippen molar-refractivity contribution in [2.45, 2.75) is 0 Å². The van der Waals surface area contributed by atoms with Gasteiger partial charge in [0.15, 0.2) is 0 Å². The minimum absolute atomic E-state index is 0.385. The molecule has 0 atom stereocenters. The Kier molecular flexibility index (Phi) is 3.14. The Morgan fingerprint density at radius 1 is 1.54 bits per heavy atom. The standard InChI is InChI=1S/C9H10ClNO2/c1-11-8-4-3-6(5-7(8)10)9(12)13-2/h3-5,11H,1-2H3. The smallest absolute Gasteiger partial charge is 0.337 e. The van der Waals surface area contributed by atoms with E-state index in [1.54, 1.807) is 25.2 Å². The van der Waals surface area contributed by atoms with Gasteiger partial charge in [-0.15, -0.1) is 0 Å². The van der Waals surface area contributed by atoms with Gasteiger partial charge in [0.1, 0.15) is 0 Å². The molecule has 1 aromatic carbocycles. The number of carbonyl (C=O) groups is 1. The number of rotatable bonds is 2. The number of hydrogen-bond donors (Lipinski definition) is 1. The molecule has 0 aromatic heterocycles. The average molecular weight is 200 g/mol. The van der Waals surface area contributed by atoms with Gasteiger partial charge in [-0.3, -0.25) is 0 Å². The van der Waals surface area contributed by atoms with Gasteiger partial charge in [0, 0.05) is 7.05 Å². The van der Waals surface area contributed by atoms with Crippen LogP contribution in [-0.4, -0.2) is 20.1 Å². The van der Waals surface area contributed by atoms with Crippen LogP contribution in [-0.2, 0) is 4.74 Å². The molecule has 0 bridgehead atoms. The number of methoxy groups -OCH3 is 1. The zero-order valence-electron chi connectivity index (χ0n) is 7.43. The third-order valence-corrected chi connectivity index (χ3v) is 1.97. The van der Waals surface area contributed by atoms with E-state index in [0.29, 0.717) is 10.6 Å². The fourth-order valence-electron chi connectivity index (χ4n) is 0.963. The van der Waals surface area contributed by atoms with E-state index in [1.165, 1.54) is 7.11 Å². The summed E-state index contributed by atoms with van der Waals surface area (Å²) in [5.74, 6) is -0.385. The highest BCUT2D eigenvalue weighted by Crippen LogP contribution is 2.22. The highest BCUT2D eigenvalue weighted by Gasteiger charge is 2.07. The van der Waals surface area contributed by atoms with E-state index < -0.39 is 0 Å². The maximum absolute atomic E-state index is 11.1. The molecule has 0 fully saturated rings. The lowest BCUT2D eigenvalue weighted by atomic mass is 10.2. The maximum atomic E-state index is 11.1. The van der Waals surface area contributed by atoms with Crippen molar-refractivity contribution in [2.75, 3.05) is 19.5 Å². The van der Waals surface area contributed by atoms with Crippen molar-refractivity contribution in [3.05, 3.63) is 28.8 Å². The van der Waals surface area contributed by atoms with Crippen LogP contribution in [0.25, 0.3) is 0 Å². The van der Waals surface area contributed by atoms with Gasteiger partial charge in [-0.1, -0.05) is 11.6 Å². The van der Waals surface area contributed by atoms with E-state index in [1.807, 2.05) is 0 Å². The van der Waals surface area contributed by atoms with Gasteiger partial charge in [-0.2, -0.15) is 0 Å². The number of nitrogens with one attached hydrogen (secondary N) is 1. The first kappa shape index (κ1) is 9.86. The molecule has 0 amide bonds. The van der Waals surface area contributed by atoms with Crippen LogP contribution in [0, 0.1) is 0 Å². The minimum Gasteiger partial charge on any atom is -0.465 e. The van der Waals surface area contributed by atoms with Crippen molar-refractivity contribution in [1.29, 1.82) is 0 Å². The van der Waals surface area contributed by atoms with Crippen LogP contribution in [0.1, 0.15) is 10.4 Å². The SMILES string of the molecule is CNc1ccc(C(=O)OC)cc1Cl. The molecule has 13 heavy (non-hydrogen) atoms. The van der Waals surface area contributed by atoms with E-state index in [4.69, 9.17) is 11.6 Å². The van der Waals surface area contributed by atoms with Crippen molar-refractivity contribution >= 4 is 23.3 Å². The molecule has 0 saturated carbocycles. The number of carbonyl (C=O) groups excluding carboxylic acids is 1. The highest BCUT2D eigenvalue weighted by molar-refractivity contribution is 6.33. The third kappa shape index (κ3) is 2.12. The van der Waals surface area contributed by atoms with Crippen LogP contribution in [0.4, 0.5) is 5.69 Å². The lowest BCUT2D eigenvalue weighted by Crippen LogP contribution is -2.01. The summed E-state index contributed by atoms with van der Waals surface area (Å²) >= 11 is 5.86. The Morgan fingerprint density at radius 2 is 2.23 bits per heavy atom. The van der Waals surface area contributed by atoms with Crippen molar-refractivity contribution in [3.63, 3.8) is 0 Å². The molecule has 1 N–H and O–H groups in total. The summed E-state index contributed by atoms with van der Waals surface area (Å²) in [6, 6.07) is 4.96. The topological polar surface area (TPSA) is 38.3 Å². The highest BCUT2D eigenvalue weighted by atomic mass is 35.5. The van der Waals surface area contributed by atoms with Gasteiger partial charge < -0.3 is 10.1 Å². The second-order valence-corrected chi connectivity index (χ2v) is 2.84. The molecule has 0 saturated heterocycles. The minimum atomic E-state index is -0.385. The van der Waals surface area contributed by atoms with Crippen LogP contribution in [0.2, 0.25) is 5.02 Å². The van der Waals surface area contributed by atoms with Gasteiger partial charge in [0.25, 0.3) is 0 Å². The zero-order valence-corrected chi connectivity index (χ0v) is 8.18. The Hall–Kier alpha value is -1.22. The summed E-state index contributed by atoms with van der Waals surface area (Å²) in [5, 5.41) is 3.40. The van der Waals surface area contributed by atoms with E-state index >= 15 is 0 Å². The quantitative estimate of drug-likeness (QED) is 0.742. The summed E-state index contributed by atoms with van der Waals surface area (Å²) in [7, 11) is 3.10. The largest absolute Gasteiger partial charge is 0.465 e. The summed E-state index contributed by atoms with van der Waals surface area (Å²) in [6.45, 7) is 0. The summed E-state index contributed by atoms with van der Waals surface area (Å²) in [4.78, 5) is 11.1. The molecule has 0 aliphatic heterocycles. The molecule has 0 radical (unpaired) electrons. The normalized spacial score (nSPS) is 9.46. The molecule has 4 heteroatoms. The summed E-state index contributed by atoms with van der Waals surface area (Å²) in [5.41, 5.74) is 1.24. The van der Waals surface area contributed by atoms with Crippen molar-refractivity contribution < 1.29 is 9.53 Å². The van der Waals surface area contributed by atoms with Crippen LogP contribution in [0.15, 0.2) is 18.2 Å². The van der Waals surface area contributed by atoms with E-state index in [2.05, 4.69) is 10.1 Å². The van der Waals surface area contributed by atoms with Crippen LogP contribution < -0.4 is 5.32 Å². The number of benzene rings is 1. The fourth-order valence-corrected chi connectivity index (χ4v) is 1.24. The monoisotopic (exact) mass is 199 g/mol. The van der Waals surface area contributed by atoms with Crippen molar-refractivity contribution in [2.24, 2.45) is 0 Å². The van der Waals surface area contributed by atoms with E-state index in [9.17, 15) is 4.79 Å². The molecule has 0 aliphatic rings. The van der Waals surface area contributed by atoms with Gasteiger partial charge in [-0.05, 0) is 18.2 Å². The number of esters is 1. The van der Waals surface area contributed by atoms with Crippen molar-refractivity contribution in [3.8, 4) is 0 Å². The van der Waals surface area contributed by atoms with Gasteiger partial charge in [0.2, 0.25) is 0 Å². The number of hydrogen-bond acceptors (Lipinski definition) is 3. The average Bonchev–Trinajstić information content (AvgIpc) is 2.16. The maximum Gasteiger partial charge on any atom is 0.337 e. The Balaban J connectivity index is 3.02. The number of anilines is 1. The second-order valence-electron chi connectivity index (χ2n) is 2.44. The molecule has 70 valence electrons. The first-order valence-electron chi connectivity index (χ1n) is 3.74. The molecular weight excluding hydrogens is 190 g/mol. The lowest BCUT2D eigenvalue weighted by Gasteiger charge is -2.04. The van der Waals surface area contributed by atoms with E-state index in [0.717, 1.165) is 5.69 Å².